The predicted molar refractivity (Wildman–Crippen MR) is 76.4 cm³/mol. The molecule has 0 bridgehead atoms. The molecule has 0 aliphatic carbocycles. The molecule has 0 amide bonds. The Kier molecular flexibility index (Phi) is 4.80. The van der Waals surface area contributed by atoms with Crippen LogP contribution in [0.1, 0.15) is 24.9 Å². The van der Waals surface area contributed by atoms with Crippen molar-refractivity contribution in [2.24, 2.45) is 5.73 Å². The largest absolute Gasteiger partial charge is 0.497 e. The van der Waals surface area contributed by atoms with E-state index < -0.39 is 0 Å². The molecule has 1 aromatic carbocycles. The van der Waals surface area contributed by atoms with E-state index in [2.05, 4.69) is 18.9 Å². The van der Waals surface area contributed by atoms with Crippen LogP contribution in [-0.4, -0.2) is 44.4 Å². The molecule has 1 heterocycles. The van der Waals surface area contributed by atoms with Crippen LogP contribution in [0.4, 0.5) is 0 Å². The molecule has 1 saturated heterocycles. The summed E-state index contributed by atoms with van der Waals surface area (Å²) in [6.45, 7) is 3.83. The van der Waals surface area contributed by atoms with E-state index in [-0.39, 0.29) is 6.04 Å². The van der Waals surface area contributed by atoms with Gasteiger partial charge in [0.05, 0.1) is 13.2 Å². The zero-order chi connectivity index (χ0) is 13.8. The second-order valence-corrected chi connectivity index (χ2v) is 5.25. The van der Waals surface area contributed by atoms with Crippen LogP contribution in [0.25, 0.3) is 0 Å². The maximum absolute atomic E-state index is 6.28. The minimum atomic E-state index is 0.0173. The first-order chi connectivity index (χ1) is 9.11. The Balaban J connectivity index is 1.93. The van der Waals surface area contributed by atoms with Gasteiger partial charge in [0.25, 0.3) is 0 Å². The average Bonchev–Trinajstić information content (AvgIpc) is 2.85. The van der Waals surface area contributed by atoms with E-state index >= 15 is 0 Å². The third-order valence-corrected chi connectivity index (χ3v) is 3.93. The Hall–Kier alpha value is -1.10. The number of hydrogen-bond acceptors (Lipinski definition) is 4. The fourth-order valence-corrected chi connectivity index (χ4v) is 2.70. The first-order valence-corrected chi connectivity index (χ1v) is 6.83. The van der Waals surface area contributed by atoms with Crippen LogP contribution in [0.3, 0.4) is 0 Å². The number of nitrogens with zero attached hydrogens (tertiary/aromatic N) is 1. The highest BCUT2D eigenvalue weighted by Crippen LogP contribution is 2.21. The van der Waals surface area contributed by atoms with Crippen molar-refractivity contribution in [3.05, 3.63) is 29.8 Å². The van der Waals surface area contributed by atoms with Crippen molar-refractivity contribution in [2.75, 3.05) is 27.3 Å². The lowest BCUT2D eigenvalue weighted by atomic mass is 10.0. The Morgan fingerprint density at radius 3 is 2.63 bits per heavy atom. The van der Waals surface area contributed by atoms with E-state index in [1.54, 1.807) is 7.11 Å². The van der Waals surface area contributed by atoms with E-state index in [0.717, 1.165) is 30.9 Å². The summed E-state index contributed by atoms with van der Waals surface area (Å²) in [4.78, 5) is 2.31. The maximum Gasteiger partial charge on any atom is 0.118 e. The third kappa shape index (κ3) is 3.47. The van der Waals surface area contributed by atoms with Crippen LogP contribution in [0.5, 0.6) is 5.75 Å². The Bertz CT molecular complexity index is 394. The number of rotatable bonds is 5. The highest BCUT2D eigenvalue weighted by molar-refractivity contribution is 5.29. The smallest absolute Gasteiger partial charge is 0.118 e. The standard InChI is InChI=1S/C15H24N2O2/c1-11-15(8-9-19-11)17(2)10-14(16)12-4-6-13(18-3)7-5-12/h4-7,11,14-15H,8-10,16H2,1-3H3. The number of likely N-dealkylation sites (N-methyl/N-ethyl adjacent to an activating group) is 1. The molecule has 2 N–H and O–H groups in total. The number of ether oxygens (including phenoxy) is 2. The van der Waals surface area contributed by atoms with E-state index in [0.29, 0.717) is 12.1 Å². The molecule has 1 aromatic rings. The number of hydrogen-bond donors (Lipinski definition) is 1. The van der Waals surface area contributed by atoms with Gasteiger partial charge in [-0.05, 0) is 38.1 Å². The molecular weight excluding hydrogens is 240 g/mol. The van der Waals surface area contributed by atoms with E-state index in [9.17, 15) is 0 Å². The van der Waals surface area contributed by atoms with Crippen LogP contribution in [0.2, 0.25) is 0 Å². The first-order valence-electron chi connectivity index (χ1n) is 6.83. The molecule has 2 rings (SSSR count). The molecular formula is C15H24N2O2. The summed E-state index contributed by atoms with van der Waals surface area (Å²) in [5, 5.41) is 0. The van der Waals surface area contributed by atoms with Crippen molar-refractivity contribution >= 4 is 0 Å². The summed E-state index contributed by atoms with van der Waals surface area (Å²) < 4.78 is 10.8. The normalized spacial score (nSPS) is 24.7. The van der Waals surface area contributed by atoms with Crippen molar-refractivity contribution < 1.29 is 9.47 Å². The van der Waals surface area contributed by atoms with Gasteiger partial charge in [-0.1, -0.05) is 12.1 Å². The fourth-order valence-electron chi connectivity index (χ4n) is 2.70. The molecule has 19 heavy (non-hydrogen) atoms. The second kappa shape index (κ2) is 6.37. The van der Waals surface area contributed by atoms with Gasteiger partial charge >= 0.3 is 0 Å². The monoisotopic (exact) mass is 264 g/mol. The summed E-state index contributed by atoms with van der Waals surface area (Å²) >= 11 is 0. The van der Waals surface area contributed by atoms with Crippen LogP contribution in [0, 0.1) is 0 Å². The lowest BCUT2D eigenvalue weighted by Gasteiger charge is -2.29. The lowest BCUT2D eigenvalue weighted by Crippen LogP contribution is -2.40. The van der Waals surface area contributed by atoms with Gasteiger partial charge in [-0.15, -0.1) is 0 Å². The third-order valence-electron chi connectivity index (χ3n) is 3.93. The quantitative estimate of drug-likeness (QED) is 0.881. The molecule has 1 fully saturated rings. The maximum atomic E-state index is 6.28. The highest BCUT2D eigenvalue weighted by atomic mass is 16.5. The highest BCUT2D eigenvalue weighted by Gasteiger charge is 2.28. The minimum Gasteiger partial charge on any atom is -0.497 e. The van der Waals surface area contributed by atoms with Crippen molar-refractivity contribution in [1.82, 2.24) is 4.90 Å². The van der Waals surface area contributed by atoms with E-state index in [4.69, 9.17) is 15.2 Å². The first kappa shape index (κ1) is 14.3. The number of methoxy groups -OCH3 is 1. The molecule has 106 valence electrons. The summed E-state index contributed by atoms with van der Waals surface area (Å²) in [5.74, 6) is 0.863. The Labute approximate surface area is 115 Å². The molecule has 4 nitrogen and oxygen atoms in total. The van der Waals surface area contributed by atoms with Crippen molar-refractivity contribution in [2.45, 2.75) is 31.5 Å². The minimum absolute atomic E-state index is 0.0173. The summed E-state index contributed by atoms with van der Waals surface area (Å²) in [5.41, 5.74) is 7.42. The SMILES string of the molecule is COc1ccc(C(N)CN(C)C2CCOC2C)cc1. The molecule has 0 aromatic heterocycles. The second-order valence-electron chi connectivity index (χ2n) is 5.25. The van der Waals surface area contributed by atoms with Gasteiger partial charge in [0.2, 0.25) is 0 Å². The Morgan fingerprint density at radius 1 is 1.42 bits per heavy atom. The van der Waals surface area contributed by atoms with Crippen LogP contribution < -0.4 is 10.5 Å². The molecule has 1 aliphatic heterocycles. The van der Waals surface area contributed by atoms with Crippen molar-refractivity contribution in [1.29, 1.82) is 0 Å². The van der Waals surface area contributed by atoms with Gasteiger partial charge in [0.15, 0.2) is 0 Å². The lowest BCUT2D eigenvalue weighted by molar-refractivity contribution is 0.0818. The summed E-state index contributed by atoms with van der Waals surface area (Å²) in [7, 11) is 3.80. The van der Waals surface area contributed by atoms with Gasteiger partial charge < -0.3 is 15.2 Å². The van der Waals surface area contributed by atoms with Crippen LogP contribution >= 0.6 is 0 Å². The zero-order valence-corrected chi connectivity index (χ0v) is 12.0. The predicted octanol–water partition coefficient (Wildman–Crippen LogP) is 1.80. The number of benzene rings is 1. The van der Waals surface area contributed by atoms with E-state index in [1.165, 1.54) is 0 Å². The van der Waals surface area contributed by atoms with Gasteiger partial charge in [-0.3, -0.25) is 4.90 Å². The number of nitrogens with two attached hydrogens (primary N) is 1. The molecule has 1 aliphatic rings. The van der Waals surface area contributed by atoms with Crippen LogP contribution in [-0.2, 0) is 4.74 Å². The van der Waals surface area contributed by atoms with Gasteiger partial charge in [0, 0.05) is 25.2 Å². The zero-order valence-electron chi connectivity index (χ0n) is 12.0. The molecule has 3 atom stereocenters. The molecule has 3 unspecified atom stereocenters. The molecule has 4 heteroatoms. The fraction of sp³-hybridized carbons (Fsp3) is 0.600. The van der Waals surface area contributed by atoms with Crippen molar-refractivity contribution in [3.8, 4) is 5.75 Å². The van der Waals surface area contributed by atoms with Crippen LogP contribution in [0.15, 0.2) is 24.3 Å². The summed E-state index contributed by atoms with van der Waals surface area (Å²) in [6.07, 6.45) is 1.39. The molecule has 0 saturated carbocycles. The van der Waals surface area contributed by atoms with Gasteiger partial charge in [0.1, 0.15) is 5.75 Å². The average molecular weight is 264 g/mol. The van der Waals surface area contributed by atoms with E-state index in [1.807, 2.05) is 24.3 Å². The topological polar surface area (TPSA) is 47.7 Å². The van der Waals surface area contributed by atoms with Crippen molar-refractivity contribution in [3.63, 3.8) is 0 Å². The van der Waals surface area contributed by atoms with Gasteiger partial charge in [-0.25, -0.2) is 0 Å². The molecule has 0 radical (unpaired) electrons. The Morgan fingerprint density at radius 2 is 2.11 bits per heavy atom. The summed E-state index contributed by atoms with van der Waals surface area (Å²) in [6, 6.07) is 8.47. The van der Waals surface area contributed by atoms with Gasteiger partial charge in [-0.2, -0.15) is 0 Å². The molecule has 0 spiro atoms.